The van der Waals surface area contributed by atoms with Crippen LogP contribution < -0.4 is 10.5 Å². The van der Waals surface area contributed by atoms with E-state index in [1.165, 1.54) is 0 Å². The van der Waals surface area contributed by atoms with E-state index in [0.717, 1.165) is 11.1 Å². The second-order valence-electron chi connectivity index (χ2n) is 4.51. The minimum absolute atomic E-state index is 0.115. The summed E-state index contributed by atoms with van der Waals surface area (Å²) in [5.41, 5.74) is 7.05. The van der Waals surface area contributed by atoms with Gasteiger partial charge < -0.3 is 14.9 Å². The van der Waals surface area contributed by atoms with E-state index in [-0.39, 0.29) is 12.4 Å². The van der Waals surface area contributed by atoms with Crippen molar-refractivity contribution in [1.82, 2.24) is 9.97 Å². The minimum Gasteiger partial charge on any atom is -0.480 e. The zero-order valence-electron chi connectivity index (χ0n) is 11.3. The molecule has 0 aliphatic heterocycles. The molecule has 0 saturated heterocycles. The van der Waals surface area contributed by atoms with Gasteiger partial charge in [0.1, 0.15) is 24.1 Å². The molecule has 6 heteroatoms. The van der Waals surface area contributed by atoms with Gasteiger partial charge in [-0.3, -0.25) is 0 Å². The lowest BCUT2D eigenvalue weighted by Gasteiger charge is -2.05. The first kappa shape index (κ1) is 12.9. The van der Waals surface area contributed by atoms with E-state index in [1.807, 2.05) is 31.2 Å². The van der Waals surface area contributed by atoms with Crippen LogP contribution in [0, 0.1) is 18.3 Å². The molecule has 2 heterocycles. The zero-order chi connectivity index (χ0) is 14.8. The summed E-state index contributed by atoms with van der Waals surface area (Å²) in [6.07, 6.45) is 0. The standard InChI is InChI=1S/C15H12N4O2/c1-9-6-13(17)19-14(18-9)8-20-15-10-4-2-3-5-11(10)21-12(15)7-16/h2-6H,8H2,1H3,(H2,17,18,19). The van der Waals surface area contributed by atoms with Gasteiger partial charge in [0.2, 0.25) is 5.76 Å². The van der Waals surface area contributed by atoms with Crippen LogP contribution in [-0.4, -0.2) is 9.97 Å². The smallest absolute Gasteiger partial charge is 0.246 e. The fourth-order valence-corrected chi connectivity index (χ4v) is 2.10. The molecule has 3 aromatic rings. The monoisotopic (exact) mass is 280 g/mol. The number of aromatic nitrogens is 2. The average Bonchev–Trinajstić information content (AvgIpc) is 2.82. The maximum Gasteiger partial charge on any atom is 0.246 e. The molecule has 0 radical (unpaired) electrons. The highest BCUT2D eigenvalue weighted by Crippen LogP contribution is 2.32. The highest BCUT2D eigenvalue weighted by atomic mass is 16.5. The zero-order valence-corrected chi connectivity index (χ0v) is 11.3. The molecule has 0 aliphatic rings. The summed E-state index contributed by atoms with van der Waals surface area (Å²) in [6.45, 7) is 1.94. The highest BCUT2D eigenvalue weighted by Gasteiger charge is 2.15. The molecule has 3 rings (SSSR count). The topological polar surface area (TPSA) is 98.0 Å². The molecule has 2 aromatic heterocycles. The van der Waals surface area contributed by atoms with E-state index in [0.29, 0.717) is 23.0 Å². The molecule has 0 aliphatic carbocycles. The Morgan fingerprint density at radius 1 is 1.33 bits per heavy atom. The molecule has 0 unspecified atom stereocenters. The first-order chi connectivity index (χ1) is 10.2. The Kier molecular flexibility index (Phi) is 3.16. The molecule has 0 saturated carbocycles. The van der Waals surface area contributed by atoms with Crippen LogP contribution in [0.2, 0.25) is 0 Å². The van der Waals surface area contributed by atoms with Gasteiger partial charge in [-0.2, -0.15) is 5.26 Å². The van der Waals surface area contributed by atoms with Crippen LogP contribution in [0.5, 0.6) is 5.75 Å². The van der Waals surface area contributed by atoms with Gasteiger partial charge in [0.25, 0.3) is 0 Å². The van der Waals surface area contributed by atoms with Crippen molar-refractivity contribution in [3.63, 3.8) is 0 Å². The maximum absolute atomic E-state index is 9.13. The molecule has 0 fully saturated rings. The number of anilines is 1. The SMILES string of the molecule is Cc1cc(N)nc(COc2c(C#N)oc3ccccc23)n1. The van der Waals surface area contributed by atoms with Gasteiger partial charge in [-0.25, -0.2) is 9.97 Å². The molecule has 1 aromatic carbocycles. The molecule has 104 valence electrons. The Labute approximate surface area is 120 Å². The van der Waals surface area contributed by atoms with Crippen molar-refractivity contribution in [2.24, 2.45) is 0 Å². The molecular formula is C15H12N4O2. The van der Waals surface area contributed by atoms with Crippen molar-refractivity contribution in [2.75, 3.05) is 5.73 Å². The van der Waals surface area contributed by atoms with Gasteiger partial charge in [-0.15, -0.1) is 0 Å². The van der Waals surface area contributed by atoms with Gasteiger partial charge in [-0.05, 0) is 19.1 Å². The number of rotatable bonds is 3. The van der Waals surface area contributed by atoms with Crippen LogP contribution in [0.1, 0.15) is 17.3 Å². The summed E-state index contributed by atoms with van der Waals surface area (Å²) in [5.74, 6) is 1.38. The van der Waals surface area contributed by atoms with Crippen LogP contribution in [0.3, 0.4) is 0 Å². The van der Waals surface area contributed by atoms with Gasteiger partial charge in [-0.1, -0.05) is 12.1 Å². The summed E-state index contributed by atoms with van der Waals surface area (Å²) in [5, 5.41) is 9.87. The Hall–Kier alpha value is -3.07. The Bertz CT molecular complexity index is 828. The molecular weight excluding hydrogens is 268 g/mol. The summed E-state index contributed by atoms with van der Waals surface area (Å²) in [4.78, 5) is 8.34. The quantitative estimate of drug-likeness (QED) is 0.791. The van der Waals surface area contributed by atoms with Crippen molar-refractivity contribution < 1.29 is 9.15 Å². The number of ether oxygens (including phenoxy) is 1. The number of nitriles is 1. The highest BCUT2D eigenvalue weighted by molar-refractivity contribution is 5.86. The third-order valence-electron chi connectivity index (χ3n) is 2.92. The van der Waals surface area contributed by atoms with E-state index in [4.69, 9.17) is 20.1 Å². The fraction of sp³-hybridized carbons (Fsp3) is 0.133. The number of nitrogen functional groups attached to an aromatic ring is 1. The molecule has 2 N–H and O–H groups in total. The first-order valence-corrected chi connectivity index (χ1v) is 6.32. The third-order valence-corrected chi connectivity index (χ3v) is 2.92. The number of nitrogens with two attached hydrogens (primary N) is 1. The predicted molar refractivity (Wildman–Crippen MR) is 76.4 cm³/mol. The number of benzene rings is 1. The largest absolute Gasteiger partial charge is 0.480 e. The van der Waals surface area contributed by atoms with Crippen LogP contribution >= 0.6 is 0 Å². The van der Waals surface area contributed by atoms with Gasteiger partial charge >= 0.3 is 0 Å². The molecule has 0 atom stereocenters. The Morgan fingerprint density at radius 2 is 2.14 bits per heavy atom. The summed E-state index contributed by atoms with van der Waals surface area (Å²) < 4.78 is 11.1. The summed E-state index contributed by atoms with van der Waals surface area (Å²) in [7, 11) is 0. The average molecular weight is 280 g/mol. The number of fused-ring (bicyclic) bond motifs is 1. The van der Waals surface area contributed by atoms with Crippen molar-refractivity contribution in [2.45, 2.75) is 13.5 Å². The second-order valence-corrected chi connectivity index (χ2v) is 4.51. The van der Waals surface area contributed by atoms with E-state index in [2.05, 4.69) is 9.97 Å². The van der Waals surface area contributed by atoms with E-state index in [9.17, 15) is 0 Å². The van der Waals surface area contributed by atoms with Crippen molar-refractivity contribution in [3.05, 3.63) is 47.6 Å². The number of furan rings is 1. The fourth-order valence-electron chi connectivity index (χ4n) is 2.10. The lowest BCUT2D eigenvalue weighted by atomic mass is 10.2. The van der Waals surface area contributed by atoms with E-state index < -0.39 is 0 Å². The molecule has 21 heavy (non-hydrogen) atoms. The van der Waals surface area contributed by atoms with Crippen LogP contribution in [0.25, 0.3) is 11.0 Å². The van der Waals surface area contributed by atoms with Gasteiger partial charge in [0.15, 0.2) is 11.6 Å². The van der Waals surface area contributed by atoms with Crippen LogP contribution in [-0.2, 0) is 6.61 Å². The van der Waals surface area contributed by atoms with Crippen molar-refractivity contribution in [1.29, 1.82) is 5.26 Å². The van der Waals surface area contributed by atoms with Gasteiger partial charge in [0, 0.05) is 11.8 Å². The predicted octanol–water partition coefficient (Wildman–Crippen LogP) is 2.56. The second kappa shape index (κ2) is 5.13. The number of hydrogen-bond donors (Lipinski definition) is 1. The lowest BCUT2D eigenvalue weighted by molar-refractivity contribution is 0.293. The lowest BCUT2D eigenvalue weighted by Crippen LogP contribution is -2.05. The number of aryl methyl sites for hydroxylation is 1. The number of para-hydroxylation sites is 1. The summed E-state index contributed by atoms with van der Waals surface area (Å²) in [6, 6.07) is 11.0. The van der Waals surface area contributed by atoms with Crippen molar-refractivity contribution >= 4 is 16.8 Å². The molecule has 0 bridgehead atoms. The Balaban J connectivity index is 1.93. The van der Waals surface area contributed by atoms with Crippen LogP contribution in [0.15, 0.2) is 34.7 Å². The van der Waals surface area contributed by atoms with Crippen molar-refractivity contribution in [3.8, 4) is 11.8 Å². The summed E-state index contributed by atoms with van der Waals surface area (Å²) >= 11 is 0. The molecule has 0 spiro atoms. The normalized spacial score (nSPS) is 10.5. The Morgan fingerprint density at radius 3 is 2.90 bits per heavy atom. The van der Waals surface area contributed by atoms with Crippen LogP contribution in [0.4, 0.5) is 5.82 Å². The van der Waals surface area contributed by atoms with Gasteiger partial charge in [0.05, 0.1) is 5.39 Å². The van der Waals surface area contributed by atoms with E-state index in [1.54, 1.807) is 12.1 Å². The minimum atomic E-state index is 0.115. The number of hydrogen-bond acceptors (Lipinski definition) is 6. The molecule has 6 nitrogen and oxygen atoms in total. The first-order valence-electron chi connectivity index (χ1n) is 6.32. The maximum atomic E-state index is 9.13. The molecule has 0 amide bonds. The van der Waals surface area contributed by atoms with E-state index >= 15 is 0 Å². The third kappa shape index (κ3) is 2.49. The number of nitrogens with zero attached hydrogens (tertiary/aromatic N) is 3.